The predicted octanol–water partition coefficient (Wildman–Crippen LogP) is 10.2. The third-order valence-corrected chi connectivity index (χ3v) is 7.36. The van der Waals surface area contributed by atoms with Crippen LogP contribution in [0.25, 0.3) is 10.8 Å². The summed E-state index contributed by atoms with van der Waals surface area (Å²) in [6.45, 7) is 4.57. The summed E-state index contributed by atoms with van der Waals surface area (Å²) in [5, 5.41) is 2.90. The van der Waals surface area contributed by atoms with Gasteiger partial charge in [0, 0.05) is 8.95 Å². The zero-order chi connectivity index (χ0) is 20.2. The Kier molecular flexibility index (Phi) is 11.8. The predicted molar refractivity (Wildman–Crippen MR) is 134 cm³/mol. The highest BCUT2D eigenvalue weighted by Gasteiger charge is 2.11. The Hall–Kier alpha value is -0.340. The minimum atomic E-state index is 1.18. The zero-order valence-electron chi connectivity index (χ0n) is 18.0. The highest BCUT2D eigenvalue weighted by atomic mass is 79.9. The Bertz CT molecular complexity index is 644. The van der Waals surface area contributed by atoms with E-state index in [1.807, 2.05) is 0 Å². The average Bonchev–Trinajstić information content (AvgIpc) is 2.70. The Morgan fingerprint density at radius 1 is 0.500 bits per heavy atom. The molecule has 2 aromatic carbocycles. The molecule has 0 unspecified atom stereocenters. The number of halogens is 2. The lowest BCUT2D eigenvalue weighted by molar-refractivity contribution is 0.607. The standard InChI is InChI=1S/C26H38Br2/c1-3-5-7-9-11-13-15-23-21-17-20-26(28)24(22(21)18-19-25(23)27)16-14-12-10-8-6-4-2/h17-20H,3-16H2,1-2H3. The third-order valence-electron chi connectivity index (χ3n) is 5.87. The molecule has 0 saturated carbocycles. The van der Waals surface area contributed by atoms with Gasteiger partial charge in [0.15, 0.2) is 0 Å². The molecule has 0 aromatic heterocycles. The van der Waals surface area contributed by atoms with Crippen molar-refractivity contribution in [2.45, 2.75) is 104 Å². The number of hydrogen-bond donors (Lipinski definition) is 0. The van der Waals surface area contributed by atoms with E-state index < -0.39 is 0 Å². The lowest BCUT2D eigenvalue weighted by atomic mass is 9.94. The fourth-order valence-corrected chi connectivity index (χ4v) is 5.24. The highest BCUT2D eigenvalue weighted by Crippen LogP contribution is 2.34. The normalized spacial score (nSPS) is 11.4. The minimum absolute atomic E-state index is 1.18. The van der Waals surface area contributed by atoms with Crippen LogP contribution in [0.2, 0.25) is 0 Å². The second-order valence-electron chi connectivity index (χ2n) is 8.18. The Balaban J connectivity index is 2.04. The van der Waals surface area contributed by atoms with Crippen LogP contribution in [0.1, 0.15) is 102 Å². The van der Waals surface area contributed by atoms with Crippen LogP contribution in [0.3, 0.4) is 0 Å². The van der Waals surface area contributed by atoms with Crippen LogP contribution < -0.4 is 0 Å². The van der Waals surface area contributed by atoms with Crippen LogP contribution in [-0.2, 0) is 12.8 Å². The molecule has 0 fully saturated rings. The molecule has 28 heavy (non-hydrogen) atoms. The number of hydrogen-bond acceptors (Lipinski definition) is 0. The van der Waals surface area contributed by atoms with E-state index in [0.717, 1.165) is 0 Å². The van der Waals surface area contributed by atoms with Gasteiger partial charge in [-0.1, -0.05) is 122 Å². The number of fused-ring (bicyclic) bond motifs is 1. The molecule has 2 aromatic rings. The molecule has 0 nitrogen and oxygen atoms in total. The third kappa shape index (κ3) is 7.48. The number of aryl methyl sites for hydroxylation is 2. The molecule has 0 aliphatic heterocycles. The molecule has 0 saturated heterocycles. The van der Waals surface area contributed by atoms with Crippen molar-refractivity contribution in [3.05, 3.63) is 44.3 Å². The van der Waals surface area contributed by atoms with Gasteiger partial charge in [-0.2, -0.15) is 0 Å². The van der Waals surface area contributed by atoms with Crippen molar-refractivity contribution in [1.29, 1.82) is 0 Å². The maximum absolute atomic E-state index is 3.83. The summed E-state index contributed by atoms with van der Waals surface area (Å²) in [7, 11) is 0. The van der Waals surface area contributed by atoms with Gasteiger partial charge in [-0.3, -0.25) is 0 Å². The summed E-state index contributed by atoms with van der Waals surface area (Å²) < 4.78 is 2.56. The van der Waals surface area contributed by atoms with Crippen molar-refractivity contribution in [1.82, 2.24) is 0 Å². The van der Waals surface area contributed by atoms with Crippen molar-refractivity contribution in [3.63, 3.8) is 0 Å². The molecule has 156 valence electrons. The summed E-state index contributed by atoms with van der Waals surface area (Å²) >= 11 is 7.66. The summed E-state index contributed by atoms with van der Waals surface area (Å²) in [4.78, 5) is 0. The fraction of sp³-hybridized carbons (Fsp3) is 0.615. The molecule has 0 amide bonds. The maximum Gasteiger partial charge on any atom is 0.0213 e. The highest BCUT2D eigenvalue weighted by molar-refractivity contribution is 9.10. The van der Waals surface area contributed by atoms with Gasteiger partial charge in [-0.05, 0) is 59.7 Å². The van der Waals surface area contributed by atoms with Gasteiger partial charge in [-0.25, -0.2) is 0 Å². The average molecular weight is 510 g/mol. The number of unbranched alkanes of at least 4 members (excludes halogenated alkanes) is 10. The number of rotatable bonds is 14. The molecule has 0 radical (unpaired) electrons. The van der Waals surface area contributed by atoms with Crippen LogP contribution in [0.15, 0.2) is 33.2 Å². The first kappa shape index (κ1) is 23.9. The lowest BCUT2D eigenvalue weighted by Gasteiger charge is -2.14. The van der Waals surface area contributed by atoms with E-state index in [9.17, 15) is 0 Å². The van der Waals surface area contributed by atoms with Gasteiger partial charge in [0.1, 0.15) is 0 Å². The van der Waals surface area contributed by atoms with Crippen LogP contribution in [0.5, 0.6) is 0 Å². The second-order valence-corrected chi connectivity index (χ2v) is 9.89. The van der Waals surface area contributed by atoms with Gasteiger partial charge in [0.25, 0.3) is 0 Å². The van der Waals surface area contributed by atoms with Gasteiger partial charge < -0.3 is 0 Å². The van der Waals surface area contributed by atoms with Gasteiger partial charge in [0.05, 0.1) is 0 Å². The lowest BCUT2D eigenvalue weighted by Crippen LogP contribution is -1.95. The molecule has 2 rings (SSSR count). The summed E-state index contributed by atoms with van der Waals surface area (Å²) in [6.07, 6.45) is 18.6. The van der Waals surface area contributed by atoms with Gasteiger partial charge in [-0.15, -0.1) is 0 Å². The van der Waals surface area contributed by atoms with Gasteiger partial charge >= 0.3 is 0 Å². The Morgan fingerprint density at radius 2 is 0.857 bits per heavy atom. The first-order chi connectivity index (χ1) is 13.7. The zero-order valence-corrected chi connectivity index (χ0v) is 21.1. The van der Waals surface area contributed by atoms with Crippen molar-refractivity contribution < 1.29 is 0 Å². The van der Waals surface area contributed by atoms with Crippen LogP contribution >= 0.6 is 31.9 Å². The van der Waals surface area contributed by atoms with E-state index in [4.69, 9.17) is 0 Å². The first-order valence-corrected chi connectivity index (χ1v) is 13.2. The molecule has 0 aliphatic rings. The summed E-state index contributed by atoms with van der Waals surface area (Å²) in [5.74, 6) is 0. The maximum atomic E-state index is 3.83. The Labute approximate surface area is 190 Å². The molecule has 0 heterocycles. The molecule has 0 atom stereocenters. The van der Waals surface area contributed by atoms with Gasteiger partial charge in [0.2, 0.25) is 0 Å². The molecular weight excluding hydrogens is 472 g/mol. The molecular formula is C26H38Br2. The molecule has 0 aliphatic carbocycles. The minimum Gasteiger partial charge on any atom is -0.0654 e. The van der Waals surface area contributed by atoms with Crippen LogP contribution in [0, 0.1) is 0 Å². The topological polar surface area (TPSA) is 0 Å². The summed E-state index contributed by atoms with van der Waals surface area (Å²) in [5.41, 5.74) is 3.01. The monoisotopic (exact) mass is 508 g/mol. The van der Waals surface area contributed by atoms with Crippen LogP contribution in [0.4, 0.5) is 0 Å². The van der Waals surface area contributed by atoms with Crippen molar-refractivity contribution >= 4 is 42.6 Å². The largest absolute Gasteiger partial charge is 0.0654 e. The number of benzene rings is 2. The van der Waals surface area contributed by atoms with Crippen LogP contribution in [-0.4, -0.2) is 0 Å². The fourth-order valence-electron chi connectivity index (χ4n) is 4.15. The van der Waals surface area contributed by atoms with E-state index in [2.05, 4.69) is 70.0 Å². The van der Waals surface area contributed by atoms with Crippen molar-refractivity contribution in [2.75, 3.05) is 0 Å². The quantitative estimate of drug-likeness (QED) is 0.222. The van der Waals surface area contributed by atoms with E-state index >= 15 is 0 Å². The smallest absolute Gasteiger partial charge is 0.0213 e. The van der Waals surface area contributed by atoms with E-state index in [1.165, 1.54) is 121 Å². The van der Waals surface area contributed by atoms with Crippen molar-refractivity contribution in [3.8, 4) is 0 Å². The second kappa shape index (κ2) is 13.8. The Morgan fingerprint density at radius 3 is 1.25 bits per heavy atom. The van der Waals surface area contributed by atoms with Crippen molar-refractivity contribution in [2.24, 2.45) is 0 Å². The SMILES string of the molecule is CCCCCCCCc1c(Br)ccc2c(CCCCCCCC)c(Br)ccc12. The van der Waals surface area contributed by atoms with E-state index in [0.29, 0.717) is 0 Å². The molecule has 2 heteroatoms. The molecule has 0 N–H and O–H groups in total. The van der Waals surface area contributed by atoms with E-state index in [-0.39, 0.29) is 0 Å². The summed E-state index contributed by atoms with van der Waals surface area (Å²) in [6, 6.07) is 9.18. The molecule has 0 bridgehead atoms. The first-order valence-electron chi connectivity index (χ1n) is 11.6. The molecule has 0 spiro atoms. The van der Waals surface area contributed by atoms with E-state index in [1.54, 1.807) is 0 Å².